The van der Waals surface area contributed by atoms with Crippen molar-refractivity contribution in [3.8, 4) is 0 Å². The van der Waals surface area contributed by atoms with Gasteiger partial charge in [0.15, 0.2) is 0 Å². The van der Waals surface area contributed by atoms with Crippen LogP contribution < -0.4 is 10.6 Å². The lowest BCUT2D eigenvalue weighted by molar-refractivity contribution is -0.146. The van der Waals surface area contributed by atoms with E-state index >= 15 is 0 Å². The Morgan fingerprint density at radius 1 is 1.08 bits per heavy atom. The summed E-state index contributed by atoms with van der Waals surface area (Å²) in [6.07, 6.45) is 2.49. The van der Waals surface area contributed by atoms with E-state index in [0.717, 1.165) is 12.0 Å². The molecule has 0 aliphatic carbocycles. The van der Waals surface area contributed by atoms with Crippen LogP contribution >= 0.6 is 11.6 Å². The zero-order chi connectivity index (χ0) is 27.8. The first-order valence-corrected chi connectivity index (χ1v) is 14.1. The number of benzene rings is 2. The average Bonchev–Trinajstić information content (AvgIpc) is 3.43. The Hall–Kier alpha value is -2.94. The number of carbonyl (C=O) groups excluding carboxylic acids is 3. The van der Waals surface area contributed by atoms with Crippen LogP contribution in [0.25, 0.3) is 0 Å². The maximum atomic E-state index is 14.1. The zero-order valence-electron chi connectivity index (χ0n) is 22.4. The van der Waals surface area contributed by atoms with Crippen molar-refractivity contribution in [2.45, 2.75) is 63.3 Å². The molecule has 3 aliphatic rings. The Balaban J connectivity index is 1.46. The second-order valence-corrected chi connectivity index (χ2v) is 11.7. The number of anilines is 1. The Morgan fingerprint density at radius 2 is 1.79 bits per heavy atom. The summed E-state index contributed by atoms with van der Waals surface area (Å²) < 4.78 is 6.74. The van der Waals surface area contributed by atoms with Crippen LogP contribution in [0.2, 0.25) is 5.02 Å². The van der Waals surface area contributed by atoms with Crippen LogP contribution in [0.3, 0.4) is 0 Å². The normalized spacial score (nSPS) is 30.9. The molecule has 2 aromatic rings. The molecule has 0 radical (unpaired) electrons. The second kappa shape index (κ2) is 10.9. The third-order valence-corrected chi connectivity index (χ3v) is 9.08. The average molecular weight is 554 g/mol. The lowest BCUT2D eigenvalue weighted by Crippen LogP contribution is -2.54. The van der Waals surface area contributed by atoms with E-state index in [-0.39, 0.29) is 30.2 Å². The molecule has 8 nitrogen and oxygen atoms in total. The number of aliphatic hydroxyl groups is 1. The number of nitrogens with one attached hydrogen (secondary N) is 2. The molecule has 2 bridgehead atoms. The molecular weight excluding hydrogens is 518 g/mol. The van der Waals surface area contributed by atoms with E-state index in [1.165, 1.54) is 0 Å². The smallest absolute Gasteiger partial charge is 0.250 e. The van der Waals surface area contributed by atoms with Gasteiger partial charge in [-0.3, -0.25) is 14.4 Å². The maximum Gasteiger partial charge on any atom is 0.250 e. The van der Waals surface area contributed by atoms with Gasteiger partial charge in [0.25, 0.3) is 0 Å². The highest BCUT2D eigenvalue weighted by molar-refractivity contribution is 6.30. The van der Waals surface area contributed by atoms with Gasteiger partial charge < -0.3 is 25.4 Å². The van der Waals surface area contributed by atoms with E-state index in [1.807, 2.05) is 44.2 Å². The molecule has 3 saturated heterocycles. The molecular formula is C30H36ClN3O5. The summed E-state index contributed by atoms with van der Waals surface area (Å²) in [5, 5.41) is 15.8. The zero-order valence-corrected chi connectivity index (χ0v) is 23.1. The number of halogens is 1. The minimum absolute atomic E-state index is 0.0332. The van der Waals surface area contributed by atoms with Gasteiger partial charge in [0.05, 0.1) is 17.4 Å². The van der Waals surface area contributed by atoms with Crippen molar-refractivity contribution in [2.75, 3.05) is 18.5 Å². The monoisotopic (exact) mass is 553 g/mol. The highest BCUT2D eigenvalue weighted by Gasteiger charge is 2.79. The molecule has 3 heterocycles. The molecule has 3 amide bonds. The number of rotatable bonds is 10. The van der Waals surface area contributed by atoms with Crippen molar-refractivity contribution < 1.29 is 24.2 Å². The SMILES string of the molecule is CC1CC23O[C@@]1(C)[C@H](C(=O)NCc1ccccc1)[C@H]2C(=O)N(CCCCCO)C3C(=O)Nc1ccc(Cl)cc1. The number of nitrogens with zero attached hydrogens (tertiary/aromatic N) is 1. The highest BCUT2D eigenvalue weighted by Crippen LogP contribution is 2.65. The summed E-state index contributed by atoms with van der Waals surface area (Å²) >= 11 is 6.02. The number of likely N-dealkylation sites (tertiary alicyclic amines) is 1. The Kier molecular flexibility index (Phi) is 7.73. The minimum atomic E-state index is -1.10. The van der Waals surface area contributed by atoms with Crippen LogP contribution in [-0.2, 0) is 25.7 Å². The third kappa shape index (κ3) is 4.83. The molecule has 208 valence electrons. The summed E-state index contributed by atoms with van der Waals surface area (Å²) in [6, 6.07) is 15.6. The first kappa shape index (κ1) is 27.6. The fraction of sp³-hybridized carbons (Fsp3) is 0.500. The van der Waals surface area contributed by atoms with E-state index in [0.29, 0.717) is 43.1 Å². The first-order valence-electron chi connectivity index (χ1n) is 13.7. The van der Waals surface area contributed by atoms with Crippen molar-refractivity contribution in [3.05, 3.63) is 65.2 Å². The van der Waals surface area contributed by atoms with Gasteiger partial charge in [0.2, 0.25) is 17.7 Å². The summed E-state index contributed by atoms with van der Waals surface area (Å²) in [5.41, 5.74) is -0.441. The Morgan fingerprint density at radius 3 is 2.49 bits per heavy atom. The molecule has 6 atom stereocenters. The molecule has 2 aromatic carbocycles. The number of hydrogen-bond acceptors (Lipinski definition) is 5. The predicted octanol–water partition coefficient (Wildman–Crippen LogP) is 3.77. The topological polar surface area (TPSA) is 108 Å². The molecule has 3 fully saturated rings. The van der Waals surface area contributed by atoms with Crippen LogP contribution in [0.4, 0.5) is 5.69 Å². The number of aliphatic hydroxyl groups excluding tert-OH is 1. The molecule has 3 aliphatic heterocycles. The minimum Gasteiger partial charge on any atom is -0.396 e. The third-order valence-electron chi connectivity index (χ3n) is 8.82. The fourth-order valence-corrected chi connectivity index (χ4v) is 7.02. The summed E-state index contributed by atoms with van der Waals surface area (Å²) in [4.78, 5) is 43.4. The summed E-state index contributed by atoms with van der Waals surface area (Å²) in [5.74, 6) is -2.29. The van der Waals surface area contributed by atoms with Gasteiger partial charge >= 0.3 is 0 Å². The van der Waals surface area contributed by atoms with Crippen LogP contribution in [0.15, 0.2) is 54.6 Å². The van der Waals surface area contributed by atoms with Crippen LogP contribution in [-0.4, -0.2) is 58.1 Å². The highest BCUT2D eigenvalue weighted by atomic mass is 35.5. The molecule has 1 spiro atoms. The molecule has 3 unspecified atom stereocenters. The quantitative estimate of drug-likeness (QED) is 0.388. The summed E-state index contributed by atoms with van der Waals surface area (Å²) in [7, 11) is 0. The lowest BCUT2D eigenvalue weighted by Gasteiger charge is -2.36. The molecule has 5 rings (SSSR count). The molecule has 39 heavy (non-hydrogen) atoms. The molecule has 0 saturated carbocycles. The first-order chi connectivity index (χ1) is 18.7. The molecule has 9 heteroatoms. The van der Waals surface area contributed by atoms with E-state index in [9.17, 15) is 19.5 Å². The molecule has 0 aromatic heterocycles. The van der Waals surface area contributed by atoms with E-state index < -0.39 is 29.1 Å². The van der Waals surface area contributed by atoms with Gasteiger partial charge in [0.1, 0.15) is 11.6 Å². The Bertz CT molecular complexity index is 1220. The van der Waals surface area contributed by atoms with Crippen molar-refractivity contribution in [2.24, 2.45) is 17.8 Å². The second-order valence-electron chi connectivity index (χ2n) is 11.2. The number of carbonyl (C=O) groups is 3. The molecule has 3 N–H and O–H groups in total. The van der Waals surface area contributed by atoms with Crippen molar-refractivity contribution in [1.82, 2.24) is 10.2 Å². The standard InChI is InChI=1S/C30H36ClN3O5/c1-19-17-30-24(23(29(19,2)39-30)26(36)32-18-20-9-5-3-6-10-20)28(38)34(15-7-4-8-16-35)25(30)27(37)33-22-13-11-21(31)12-14-22/h3,5-6,9-14,19,23-25,35H,4,7-8,15-18H2,1-2H3,(H,32,36)(H,33,37)/t19?,23-,24-,25?,29+,30?/m0/s1. The van der Waals surface area contributed by atoms with Gasteiger partial charge in [-0.25, -0.2) is 0 Å². The number of unbranched alkanes of at least 4 members (excludes halogenated alkanes) is 2. The van der Waals surface area contributed by atoms with Crippen LogP contribution in [0.1, 0.15) is 45.1 Å². The Labute approximate surface area is 234 Å². The van der Waals surface area contributed by atoms with Gasteiger partial charge in [0, 0.05) is 30.4 Å². The van der Waals surface area contributed by atoms with Crippen LogP contribution in [0.5, 0.6) is 0 Å². The van der Waals surface area contributed by atoms with Gasteiger partial charge in [-0.1, -0.05) is 48.9 Å². The van der Waals surface area contributed by atoms with E-state index in [1.54, 1.807) is 29.2 Å². The largest absolute Gasteiger partial charge is 0.396 e. The number of ether oxygens (including phenoxy) is 1. The lowest BCUT2D eigenvalue weighted by atomic mass is 9.62. The van der Waals surface area contributed by atoms with Crippen molar-refractivity contribution >= 4 is 35.0 Å². The maximum absolute atomic E-state index is 14.1. The van der Waals surface area contributed by atoms with E-state index in [4.69, 9.17) is 16.3 Å². The van der Waals surface area contributed by atoms with Crippen LogP contribution in [0, 0.1) is 17.8 Å². The number of amides is 3. The fourth-order valence-electron chi connectivity index (χ4n) is 6.89. The predicted molar refractivity (Wildman–Crippen MR) is 148 cm³/mol. The van der Waals surface area contributed by atoms with Gasteiger partial charge in [-0.05, 0) is 68.4 Å². The van der Waals surface area contributed by atoms with Crippen molar-refractivity contribution in [3.63, 3.8) is 0 Å². The number of hydrogen-bond donors (Lipinski definition) is 3. The summed E-state index contributed by atoms with van der Waals surface area (Å²) in [6.45, 7) is 4.71. The van der Waals surface area contributed by atoms with Gasteiger partial charge in [-0.15, -0.1) is 0 Å². The number of fused-ring (bicyclic) bond motifs is 1. The van der Waals surface area contributed by atoms with Crippen molar-refractivity contribution in [1.29, 1.82) is 0 Å². The van der Waals surface area contributed by atoms with Gasteiger partial charge in [-0.2, -0.15) is 0 Å². The van der Waals surface area contributed by atoms with E-state index in [2.05, 4.69) is 10.6 Å².